The van der Waals surface area contributed by atoms with Gasteiger partial charge in [-0.25, -0.2) is 0 Å². The van der Waals surface area contributed by atoms with Gasteiger partial charge < -0.3 is 10.2 Å². The molecular formula is C19H32N2. The number of piperazine rings is 1. The molecule has 0 amide bonds. The molecule has 0 aliphatic carbocycles. The largest absolute Gasteiger partial charge is 0.365 e. The number of nitrogens with one attached hydrogen (secondary N) is 1. The zero-order valence-corrected chi connectivity index (χ0v) is 14.4. The van der Waals surface area contributed by atoms with Crippen LogP contribution in [0.1, 0.15) is 58.9 Å². The van der Waals surface area contributed by atoms with Gasteiger partial charge >= 0.3 is 0 Å². The van der Waals surface area contributed by atoms with Crippen LogP contribution in [0.4, 0.5) is 5.69 Å². The lowest BCUT2D eigenvalue weighted by Crippen LogP contribution is -2.58. The third-order valence-electron chi connectivity index (χ3n) is 4.71. The quantitative estimate of drug-likeness (QED) is 0.863. The number of nitrogens with zero attached hydrogens (tertiary/aromatic N) is 1. The van der Waals surface area contributed by atoms with Gasteiger partial charge in [0.1, 0.15) is 0 Å². The number of hydrogen-bond acceptors (Lipinski definition) is 2. The van der Waals surface area contributed by atoms with Crippen LogP contribution in [0.15, 0.2) is 24.3 Å². The highest BCUT2D eigenvalue weighted by atomic mass is 15.2. The lowest BCUT2D eigenvalue weighted by molar-refractivity contribution is 0.327. The third-order valence-corrected chi connectivity index (χ3v) is 4.71. The fourth-order valence-electron chi connectivity index (χ4n) is 3.33. The first-order valence-corrected chi connectivity index (χ1v) is 8.62. The Morgan fingerprint density at radius 1 is 1.24 bits per heavy atom. The molecule has 2 heteroatoms. The Hall–Kier alpha value is -1.02. The highest BCUT2D eigenvalue weighted by Crippen LogP contribution is 2.27. The molecule has 0 bridgehead atoms. The summed E-state index contributed by atoms with van der Waals surface area (Å²) in [6.07, 6.45) is 2.52. The number of benzene rings is 1. The van der Waals surface area contributed by atoms with Gasteiger partial charge in [0.05, 0.1) is 0 Å². The first-order valence-electron chi connectivity index (χ1n) is 8.62. The lowest BCUT2D eigenvalue weighted by atomic mass is 9.95. The van der Waals surface area contributed by atoms with E-state index in [1.807, 2.05) is 0 Å². The van der Waals surface area contributed by atoms with Crippen molar-refractivity contribution in [2.75, 3.05) is 18.0 Å². The van der Waals surface area contributed by atoms with Gasteiger partial charge in [-0.1, -0.05) is 53.2 Å². The standard InChI is InChI=1S/C19H32N2/c1-6-8-17-13-21(19(12-20-17)15(4)5)18-10-7-9-16(11-18)14(2)3/h7,9-11,14-15,17,19-20H,6,8,12-13H2,1-5H3. The second-order valence-corrected chi connectivity index (χ2v) is 7.11. The van der Waals surface area contributed by atoms with E-state index in [0.717, 1.165) is 13.1 Å². The van der Waals surface area contributed by atoms with Gasteiger partial charge in [0.25, 0.3) is 0 Å². The summed E-state index contributed by atoms with van der Waals surface area (Å²) in [4.78, 5) is 2.65. The third kappa shape index (κ3) is 4.00. The minimum absolute atomic E-state index is 0.594. The molecule has 1 N–H and O–H groups in total. The number of rotatable bonds is 5. The molecule has 0 spiro atoms. The van der Waals surface area contributed by atoms with E-state index in [1.165, 1.54) is 24.1 Å². The average molecular weight is 288 g/mol. The van der Waals surface area contributed by atoms with Crippen molar-refractivity contribution in [2.45, 2.75) is 65.5 Å². The Morgan fingerprint density at radius 3 is 2.62 bits per heavy atom. The maximum Gasteiger partial charge on any atom is 0.0438 e. The van der Waals surface area contributed by atoms with Crippen LogP contribution in [0.5, 0.6) is 0 Å². The predicted molar refractivity (Wildman–Crippen MR) is 93.2 cm³/mol. The topological polar surface area (TPSA) is 15.3 Å². The molecule has 0 saturated carbocycles. The normalized spacial score (nSPS) is 23.1. The van der Waals surface area contributed by atoms with E-state index in [9.17, 15) is 0 Å². The van der Waals surface area contributed by atoms with Gasteiger partial charge in [-0.3, -0.25) is 0 Å². The Kier molecular flexibility index (Phi) is 5.69. The summed E-state index contributed by atoms with van der Waals surface area (Å²) in [5, 5.41) is 3.75. The van der Waals surface area contributed by atoms with E-state index in [1.54, 1.807) is 0 Å². The van der Waals surface area contributed by atoms with Crippen molar-refractivity contribution in [3.8, 4) is 0 Å². The smallest absolute Gasteiger partial charge is 0.0438 e. The van der Waals surface area contributed by atoms with Crippen LogP contribution in [0, 0.1) is 5.92 Å². The van der Waals surface area contributed by atoms with Gasteiger partial charge in [-0.15, -0.1) is 0 Å². The summed E-state index contributed by atoms with van der Waals surface area (Å²) < 4.78 is 0. The molecule has 0 aromatic heterocycles. The molecule has 0 radical (unpaired) electrons. The Bertz CT molecular complexity index is 439. The van der Waals surface area contributed by atoms with Crippen molar-refractivity contribution >= 4 is 5.69 Å². The molecule has 1 saturated heterocycles. The molecule has 1 aliphatic rings. The summed E-state index contributed by atoms with van der Waals surface area (Å²) in [7, 11) is 0. The maximum atomic E-state index is 3.75. The molecule has 118 valence electrons. The minimum atomic E-state index is 0.594. The second-order valence-electron chi connectivity index (χ2n) is 7.11. The summed E-state index contributed by atoms with van der Waals surface area (Å²) in [6, 6.07) is 10.4. The molecule has 1 aliphatic heterocycles. The highest BCUT2D eigenvalue weighted by Gasteiger charge is 2.29. The van der Waals surface area contributed by atoms with Crippen LogP contribution in [0.3, 0.4) is 0 Å². The van der Waals surface area contributed by atoms with Crippen molar-refractivity contribution in [1.29, 1.82) is 0 Å². The first kappa shape index (κ1) is 16.4. The van der Waals surface area contributed by atoms with E-state index in [0.29, 0.717) is 23.9 Å². The van der Waals surface area contributed by atoms with E-state index >= 15 is 0 Å². The highest BCUT2D eigenvalue weighted by molar-refractivity contribution is 5.51. The van der Waals surface area contributed by atoms with Gasteiger partial charge in [0.15, 0.2) is 0 Å². The molecule has 2 unspecified atom stereocenters. The molecule has 1 fully saturated rings. The summed E-state index contributed by atoms with van der Waals surface area (Å²) in [5.41, 5.74) is 2.85. The Morgan fingerprint density at radius 2 is 2.00 bits per heavy atom. The van der Waals surface area contributed by atoms with E-state index in [2.05, 4.69) is 69.1 Å². The van der Waals surface area contributed by atoms with Gasteiger partial charge in [-0.2, -0.15) is 0 Å². The molecule has 1 aromatic rings. The lowest BCUT2D eigenvalue weighted by Gasteiger charge is -2.44. The van der Waals surface area contributed by atoms with Gasteiger partial charge in [0, 0.05) is 30.9 Å². The van der Waals surface area contributed by atoms with Gasteiger partial charge in [0.2, 0.25) is 0 Å². The summed E-state index contributed by atoms with van der Waals surface area (Å²) in [5.74, 6) is 1.26. The fraction of sp³-hybridized carbons (Fsp3) is 0.684. The van der Waals surface area contributed by atoms with Crippen molar-refractivity contribution in [3.05, 3.63) is 29.8 Å². The monoisotopic (exact) mass is 288 g/mol. The number of anilines is 1. The van der Waals surface area contributed by atoms with Crippen LogP contribution in [-0.2, 0) is 0 Å². The van der Waals surface area contributed by atoms with E-state index < -0.39 is 0 Å². The second kappa shape index (κ2) is 7.31. The molecule has 21 heavy (non-hydrogen) atoms. The molecule has 2 atom stereocenters. The van der Waals surface area contributed by atoms with Crippen LogP contribution < -0.4 is 10.2 Å². The average Bonchev–Trinajstić information content (AvgIpc) is 2.47. The Balaban J connectivity index is 2.24. The minimum Gasteiger partial charge on any atom is -0.365 e. The van der Waals surface area contributed by atoms with Crippen LogP contribution >= 0.6 is 0 Å². The first-order chi connectivity index (χ1) is 10.0. The van der Waals surface area contributed by atoms with Crippen LogP contribution in [-0.4, -0.2) is 25.2 Å². The van der Waals surface area contributed by atoms with E-state index in [4.69, 9.17) is 0 Å². The zero-order valence-electron chi connectivity index (χ0n) is 14.4. The van der Waals surface area contributed by atoms with Crippen molar-refractivity contribution in [3.63, 3.8) is 0 Å². The molecule has 1 heterocycles. The SMILES string of the molecule is CCCC1CN(c2cccc(C(C)C)c2)C(C(C)C)CN1. The fourth-order valence-corrected chi connectivity index (χ4v) is 3.33. The van der Waals surface area contributed by atoms with Crippen molar-refractivity contribution in [2.24, 2.45) is 5.92 Å². The molecule has 2 nitrogen and oxygen atoms in total. The van der Waals surface area contributed by atoms with Gasteiger partial charge in [-0.05, 0) is 36.0 Å². The molecule has 2 rings (SSSR count). The summed E-state index contributed by atoms with van der Waals surface area (Å²) in [6.45, 7) is 13.7. The zero-order chi connectivity index (χ0) is 15.4. The maximum absolute atomic E-state index is 3.75. The molecular weight excluding hydrogens is 256 g/mol. The van der Waals surface area contributed by atoms with E-state index in [-0.39, 0.29) is 0 Å². The van der Waals surface area contributed by atoms with Crippen LogP contribution in [0.2, 0.25) is 0 Å². The molecule has 1 aromatic carbocycles. The predicted octanol–water partition coefficient (Wildman–Crippen LogP) is 4.41. The number of hydrogen-bond donors (Lipinski definition) is 1. The Labute approximate surface area is 130 Å². The van der Waals surface area contributed by atoms with Crippen molar-refractivity contribution in [1.82, 2.24) is 5.32 Å². The van der Waals surface area contributed by atoms with Crippen LogP contribution in [0.25, 0.3) is 0 Å². The summed E-state index contributed by atoms with van der Waals surface area (Å²) >= 11 is 0. The van der Waals surface area contributed by atoms with Crippen molar-refractivity contribution < 1.29 is 0 Å².